The summed E-state index contributed by atoms with van der Waals surface area (Å²) < 4.78 is 0. The fourth-order valence-electron chi connectivity index (χ4n) is 10.2. The molecule has 8 atom stereocenters. The molecule has 0 radical (unpaired) electrons. The van der Waals surface area contributed by atoms with E-state index in [-0.39, 0.29) is 5.41 Å². The number of carbonyl (C=O) groups excluding carboxylic acids is 1. The Bertz CT molecular complexity index is 790. The molecule has 0 spiro atoms. The summed E-state index contributed by atoms with van der Waals surface area (Å²) in [5, 5.41) is 0. The highest BCUT2D eigenvalue weighted by molar-refractivity contribution is 5.85. The number of allylic oxidation sites excluding steroid dienone is 2. The highest BCUT2D eigenvalue weighted by Crippen LogP contribution is 2.75. The van der Waals surface area contributed by atoms with Crippen LogP contribution >= 0.6 is 0 Å². The van der Waals surface area contributed by atoms with Crippen LogP contribution < -0.4 is 0 Å². The van der Waals surface area contributed by atoms with Gasteiger partial charge >= 0.3 is 0 Å². The molecule has 0 saturated heterocycles. The number of carbonyl (C=O) groups is 1. The Kier molecular flexibility index (Phi) is 4.43. The molecule has 4 fully saturated rings. The first kappa shape index (κ1) is 21.3. The summed E-state index contributed by atoms with van der Waals surface area (Å²) in [5.41, 5.74) is 3.34. The largest absolute Gasteiger partial charge is 0.299 e. The molecule has 0 aromatic rings. The molecule has 2 unspecified atom stereocenters. The molecule has 4 saturated carbocycles. The van der Waals surface area contributed by atoms with Crippen LogP contribution in [0.2, 0.25) is 0 Å². The van der Waals surface area contributed by atoms with E-state index in [1.807, 2.05) is 5.57 Å². The molecule has 168 valence electrons. The van der Waals surface area contributed by atoms with Crippen LogP contribution in [0.5, 0.6) is 0 Å². The SMILES string of the molecule is C[C@H]1CC[C@]2(C)CC[C@@]3(C)C(=CCC4[C@@]5(C)CCC(=O)C(C)(C)C5CC[C@]43C)[C@@H]2C1. The van der Waals surface area contributed by atoms with E-state index in [0.717, 1.165) is 30.6 Å². The van der Waals surface area contributed by atoms with Crippen molar-refractivity contribution in [2.45, 2.75) is 113 Å². The smallest absolute Gasteiger partial charge is 0.138 e. The lowest BCUT2D eigenvalue weighted by Gasteiger charge is -2.70. The van der Waals surface area contributed by atoms with Crippen LogP contribution in [-0.4, -0.2) is 5.78 Å². The molecule has 5 aliphatic carbocycles. The first-order valence-corrected chi connectivity index (χ1v) is 13.1. The molecule has 0 heterocycles. The van der Waals surface area contributed by atoms with Crippen LogP contribution in [0.3, 0.4) is 0 Å². The Balaban J connectivity index is 1.58. The van der Waals surface area contributed by atoms with Gasteiger partial charge in [0, 0.05) is 11.8 Å². The number of rotatable bonds is 0. The van der Waals surface area contributed by atoms with E-state index in [1.165, 1.54) is 51.4 Å². The van der Waals surface area contributed by atoms with Crippen LogP contribution in [-0.2, 0) is 4.79 Å². The predicted octanol–water partition coefficient (Wildman–Crippen LogP) is 7.99. The maximum absolute atomic E-state index is 12.9. The summed E-state index contributed by atoms with van der Waals surface area (Å²) in [4.78, 5) is 12.9. The monoisotopic (exact) mass is 410 g/mol. The number of hydrogen-bond donors (Lipinski definition) is 0. The second-order valence-corrected chi connectivity index (χ2v) is 14.0. The first-order valence-electron chi connectivity index (χ1n) is 13.1. The average molecular weight is 411 g/mol. The minimum Gasteiger partial charge on any atom is -0.299 e. The van der Waals surface area contributed by atoms with Crippen molar-refractivity contribution in [3.63, 3.8) is 0 Å². The highest BCUT2D eigenvalue weighted by Gasteiger charge is 2.67. The van der Waals surface area contributed by atoms with Gasteiger partial charge in [0.15, 0.2) is 0 Å². The van der Waals surface area contributed by atoms with Crippen LogP contribution in [0.4, 0.5) is 0 Å². The molecular formula is C29H46O. The molecule has 5 rings (SSSR count). The van der Waals surface area contributed by atoms with E-state index in [1.54, 1.807) is 0 Å². The zero-order valence-corrected chi connectivity index (χ0v) is 20.9. The Morgan fingerprint density at radius 3 is 2.33 bits per heavy atom. The van der Waals surface area contributed by atoms with Gasteiger partial charge in [-0.05, 0) is 96.7 Å². The van der Waals surface area contributed by atoms with E-state index >= 15 is 0 Å². The maximum atomic E-state index is 12.9. The maximum Gasteiger partial charge on any atom is 0.138 e. The topological polar surface area (TPSA) is 17.1 Å². The van der Waals surface area contributed by atoms with E-state index in [0.29, 0.717) is 33.4 Å². The quantitative estimate of drug-likeness (QED) is 0.370. The summed E-state index contributed by atoms with van der Waals surface area (Å²) in [6.45, 7) is 17.6. The molecule has 0 amide bonds. The van der Waals surface area contributed by atoms with Crippen LogP contribution in [0.1, 0.15) is 113 Å². The van der Waals surface area contributed by atoms with Gasteiger partial charge in [-0.1, -0.05) is 66.5 Å². The predicted molar refractivity (Wildman–Crippen MR) is 125 cm³/mol. The fourth-order valence-corrected chi connectivity index (χ4v) is 10.2. The second-order valence-electron chi connectivity index (χ2n) is 14.0. The van der Waals surface area contributed by atoms with Gasteiger partial charge in [-0.25, -0.2) is 0 Å². The highest BCUT2D eigenvalue weighted by atomic mass is 16.1. The summed E-state index contributed by atoms with van der Waals surface area (Å²) in [6, 6.07) is 0. The number of hydrogen-bond acceptors (Lipinski definition) is 1. The minimum absolute atomic E-state index is 0.136. The van der Waals surface area contributed by atoms with Gasteiger partial charge in [0.05, 0.1) is 0 Å². The number of ketones is 1. The van der Waals surface area contributed by atoms with Crippen molar-refractivity contribution in [1.82, 2.24) is 0 Å². The van der Waals surface area contributed by atoms with E-state index in [2.05, 4.69) is 54.5 Å². The molecule has 0 aliphatic heterocycles. The lowest BCUT2D eigenvalue weighted by atomic mass is 9.34. The lowest BCUT2D eigenvalue weighted by Crippen LogP contribution is -2.63. The van der Waals surface area contributed by atoms with Gasteiger partial charge in [-0.15, -0.1) is 0 Å². The summed E-state index contributed by atoms with van der Waals surface area (Å²) in [7, 11) is 0. The van der Waals surface area contributed by atoms with Gasteiger partial charge in [-0.3, -0.25) is 4.79 Å². The van der Waals surface area contributed by atoms with Gasteiger partial charge in [-0.2, -0.15) is 0 Å². The standard InChI is InChI=1S/C29H46O/c1-19-10-13-26(4)16-17-28(6)20(21(26)18-19)8-9-23-27(5)14-12-24(30)25(2,3)22(27)11-15-29(23,28)7/h8,19,21-23H,9-18H2,1-7H3/t19-,21-,22?,23?,26+,27-,28-,29+/m0/s1. The van der Waals surface area contributed by atoms with Gasteiger partial charge in [0.25, 0.3) is 0 Å². The molecule has 0 bridgehead atoms. The Morgan fingerprint density at radius 1 is 0.867 bits per heavy atom. The van der Waals surface area contributed by atoms with E-state index in [4.69, 9.17) is 0 Å². The van der Waals surface area contributed by atoms with Gasteiger partial charge in [0.1, 0.15) is 5.78 Å². The normalized spacial score (nSPS) is 54.9. The third-order valence-corrected chi connectivity index (χ3v) is 12.5. The third kappa shape index (κ3) is 2.45. The molecule has 30 heavy (non-hydrogen) atoms. The van der Waals surface area contributed by atoms with E-state index < -0.39 is 0 Å². The summed E-state index contributed by atoms with van der Waals surface area (Å²) in [6.07, 6.45) is 15.6. The Hall–Kier alpha value is -0.590. The number of Topliss-reactive ketones (excluding diaryl/α,β-unsaturated/α-hetero) is 1. The average Bonchev–Trinajstić information content (AvgIpc) is 2.67. The van der Waals surface area contributed by atoms with E-state index in [9.17, 15) is 4.79 Å². The van der Waals surface area contributed by atoms with Crippen molar-refractivity contribution < 1.29 is 4.79 Å². The van der Waals surface area contributed by atoms with Crippen LogP contribution in [0.15, 0.2) is 11.6 Å². The van der Waals surface area contributed by atoms with Crippen molar-refractivity contribution in [3.8, 4) is 0 Å². The van der Waals surface area contributed by atoms with Crippen molar-refractivity contribution in [3.05, 3.63) is 11.6 Å². The third-order valence-electron chi connectivity index (χ3n) is 12.5. The van der Waals surface area contributed by atoms with Crippen LogP contribution in [0, 0.1) is 50.7 Å². The van der Waals surface area contributed by atoms with Crippen molar-refractivity contribution >= 4 is 5.78 Å². The minimum atomic E-state index is -0.136. The molecule has 0 aromatic carbocycles. The van der Waals surface area contributed by atoms with Crippen LogP contribution in [0.25, 0.3) is 0 Å². The summed E-state index contributed by atoms with van der Waals surface area (Å²) >= 11 is 0. The number of fused-ring (bicyclic) bond motifs is 7. The molecule has 0 aromatic heterocycles. The van der Waals surface area contributed by atoms with Crippen molar-refractivity contribution in [1.29, 1.82) is 0 Å². The van der Waals surface area contributed by atoms with Crippen molar-refractivity contribution in [2.24, 2.45) is 50.7 Å². The van der Waals surface area contributed by atoms with Gasteiger partial charge < -0.3 is 0 Å². The molecule has 1 nitrogen and oxygen atoms in total. The Labute approximate surface area is 185 Å². The lowest BCUT2D eigenvalue weighted by molar-refractivity contribution is -0.183. The summed E-state index contributed by atoms with van der Waals surface area (Å²) in [5.74, 6) is 3.51. The molecular weight excluding hydrogens is 364 g/mol. The van der Waals surface area contributed by atoms with Gasteiger partial charge in [0.2, 0.25) is 0 Å². The zero-order chi connectivity index (χ0) is 21.7. The fraction of sp³-hybridized carbons (Fsp3) is 0.897. The zero-order valence-electron chi connectivity index (χ0n) is 20.9. The molecule has 5 aliphatic rings. The second kappa shape index (κ2) is 6.26. The molecule has 0 N–H and O–H groups in total. The molecule has 1 heteroatoms. The van der Waals surface area contributed by atoms with Crippen molar-refractivity contribution in [2.75, 3.05) is 0 Å². The first-order chi connectivity index (χ1) is 13.9. The Morgan fingerprint density at radius 2 is 1.60 bits per heavy atom.